The molecular formula is C20H26N2O3. The van der Waals surface area contributed by atoms with Gasteiger partial charge >= 0.3 is 0 Å². The zero-order valence-electron chi connectivity index (χ0n) is 15.3. The summed E-state index contributed by atoms with van der Waals surface area (Å²) in [6.07, 6.45) is 0. The van der Waals surface area contributed by atoms with Crippen LogP contribution in [0, 0.1) is 0 Å². The molecule has 0 atom stereocenters. The van der Waals surface area contributed by atoms with Crippen LogP contribution in [0.15, 0.2) is 48.5 Å². The number of amides is 1. The van der Waals surface area contributed by atoms with Gasteiger partial charge in [0.15, 0.2) is 18.1 Å². The van der Waals surface area contributed by atoms with E-state index < -0.39 is 0 Å². The van der Waals surface area contributed by atoms with E-state index in [1.54, 1.807) is 7.11 Å². The van der Waals surface area contributed by atoms with Crippen molar-refractivity contribution in [2.75, 3.05) is 19.0 Å². The van der Waals surface area contributed by atoms with Crippen LogP contribution >= 0.6 is 0 Å². The largest absolute Gasteiger partial charge is 0.493 e. The topological polar surface area (TPSA) is 59.6 Å². The molecule has 0 fully saturated rings. The minimum atomic E-state index is -0.280. The van der Waals surface area contributed by atoms with Crippen LogP contribution < -0.4 is 20.1 Å². The van der Waals surface area contributed by atoms with E-state index in [2.05, 4.69) is 10.6 Å². The summed E-state index contributed by atoms with van der Waals surface area (Å²) in [4.78, 5) is 11.9. The van der Waals surface area contributed by atoms with Crippen molar-refractivity contribution < 1.29 is 14.3 Å². The molecule has 1 amide bonds. The molecule has 0 aromatic heterocycles. The highest BCUT2D eigenvalue weighted by Gasteiger charge is 2.15. The van der Waals surface area contributed by atoms with E-state index in [1.165, 1.54) is 0 Å². The van der Waals surface area contributed by atoms with Gasteiger partial charge in [-0.25, -0.2) is 0 Å². The maximum Gasteiger partial charge on any atom is 0.258 e. The number of ether oxygens (including phenoxy) is 2. The normalized spacial score (nSPS) is 10.9. The molecule has 0 radical (unpaired) electrons. The SMILES string of the molecule is COc1cc(CNc2ccccc2)ccc1OCC(=O)NC(C)(C)C. The van der Waals surface area contributed by atoms with Crippen LogP contribution in [0.5, 0.6) is 11.5 Å². The summed E-state index contributed by atoms with van der Waals surface area (Å²) in [7, 11) is 1.59. The van der Waals surface area contributed by atoms with Crippen molar-refractivity contribution in [1.29, 1.82) is 0 Å². The summed E-state index contributed by atoms with van der Waals surface area (Å²) >= 11 is 0. The molecule has 0 unspecified atom stereocenters. The summed E-state index contributed by atoms with van der Waals surface area (Å²) in [6.45, 7) is 6.42. The molecule has 5 nitrogen and oxygen atoms in total. The van der Waals surface area contributed by atoms with E-state index in [4.69, 9.17) is 9.47 Å². The lowest BCUT2D eigenvalue weighted by Gasteiger charge is -2.20. The summed E-state index contributed by atoms with van der Waals surface area (Å²) in [5.74, 6) is 0.996. The van der Waals surface area contributed by atoms with Crippen molar-refractivity contribution in [2.24, 2.45) is 0 Å². The molecular weight excluding hydrogens is 316 g/mol. The number of methoxy groups -OCH3 is 1. The van der Waals surface area contributed by atoms with Crippen LogP contribution in [0.25, 0.3) is 0 Å². The van der Waals surface area contributed by atoms with Crippen LogP contribution in [0.1, 0.15) is 26.3 Å². The number of benzene rings is 2. The Morgan fingerprint density at radius 1 is 1.04 bits per heavy atom. The molecule has 0 aliphatic rings. The van der Waals surface area contributed by atoms with Crippen LogP contribution in [-0.2, 0) is 11.3 Å². The Bertz CT molecular complexity index is 694. The van der Waals surface area contributed by atoms with Gasteiger partial charge in [-0.15, -0.1) is 0 Å². The van der Waals surface area contributed by atoms with E-state index in [9.17, 15) is 4.79 Å². The van der Waals surface area contributed by atoms with Gasteiger partial charge in [-0.3, -0.25) is 4.79 Å². The second-order valence-electron chi connectivity index (χ2n) is 6.79. The summed E-state index contributed by atoms with van der Waals surface area (Å²) < 4.78 is 11.0. The van der Waals surface area contributed by atoms with Gasteiger partial charge in [-0.1, -0.05) is 24.3 Å². The Balaban J connectivity index is 1.95. The number of rotatable bonds is 7. The predicted molar refractivity (Wildman–Crippen MR) is 100 cm³/mol. The van der Waals surface area contributed by atoms with Gasteiger partial charge in [0.25, 0.3) is 5.91 Å². The number of hydrogen-bond donors (Lipinski definition) is 2. The first-order chi connectivity index (χ1) is 11.9. The van der Waals surface area contributed by atoms with Gasteiger partial charge in [-0.2, -0.15) is 0 Å². The summed E-state index contributed by atoms with van der Waals surface area (Å²) in [5, 5.41) is 6.21. The molecule has 0 spiro atoms. The minimum Gasteiger partial charge on any atom is -0.493 e. The van der Waals surface area contributed by atoms with Gasteiger partial charge in [0.05, 0.1) is 7.11 Å². The fourth-order valence-corrected chi connectivity index (χ4v) is 2.30. The van der Waals surface area contributed by atoms with Crippen LogP contribution in [0.3, 0.4) is 0 Å². The molecule has 0 saturated carbocycles. The Morgan fingerprint density at radius 3 is 2.40 bits per heavy atom. The van der Waals surface area contributed by atoms with E-state index >= 15 is 0 Å². The van der Waals surface area contributed by atoms with Crippen LogP contribution in [0.2, 0.25) is 0 Å². The first-order valence-corrected chi connectivity index (χ1v) is 8.27. The Morgan fingerprint density at radius 2 is 1.76 bits per heavy atom. The molecule has 25 heavy (non-hydrogen) atoms. The van der Waals surface area contributed by atoms with Crippen molar-refractivity contribution >= 4 is 11.6 Å². The highest BCUT2D eigenvalue weighted by atomic mass is 16.5. The van der Waals surface area contributed by atoms with Crippen LogP contribution in [0.4, 0.5) is 5.69 Å². The average molecular weight is 342 g/mol. The number of carbonyl (C=O) groups is 1. The number of hydrogen-bond acceptors (Lipinski definition) is 4. The van der Waals surface area contributed by atoms with E-state index in [1.807, 2.05) is 69.3 Å². The molecule has 2 aromatic carbocycles. The molecule has 0 aliphatic carbocycles. The minimum absolute atomic E-state index is 0.0464. The van der Waals surface area contributed by atoms with Crippen molar-refractivity contribution in [3.05, 3.63) is 54.1 Å². The van der Waals surface area contributed by atoms with Gasteiger partial charge in [0.2, 0.25) is 0 Å². The average Bonchev–Trinajstić information content (AvgIpc) is 2.58. The zero-order valence-corrected chi connectivity index (χ0v) is 15.3. The fraction of sp³-hybridized carbons (Fsp3) is 0.350. The molecule has 134 valence electrons. The quantitative estimate of drug-likeness (QED) is 0.807. The lowest BCUT2D eigenvalue weighted by atomic mass is 10.1. The first kappa shape index (κ1) is 18.6. The van der Waals surface area contributed by atoms with E-state index in [0.717, 1.165) is 11.3 Å². The molecule has 0 bridgehead atoms. The molecule has 2 rings (SSSR count). The molecule has 0 saturated heterocycles. The number of carbonyl (C=O) groups excluding carboxylic acids is 1. The number of para-hydroxylation sites is 1. The summed E-state index contributed by atoms with van der Waals surface area (Å²) in [6, 6.07) is 15.7. The lowest BCUT2D eigenvalue weighted by molar-refractivity contribution is -0.124. The van der Waals surface area contributed by atoms with Crippen molar-refractivity contribution in [1.82, 2.24) is 5.32 Å². The highest BCUT2D eigenvalue weighted by Crippen LogP contribution is 2.28. The molecule has 0 aliphatic heterocycles. The molecule has 2 aromatic rings. The molecule has 2 N–H and O–H groups in total. The standard InChI is InChI=1S/C20H26N2O3/c1-20(2,3)22-19(23)14-25-17-11-10-15(12-18(17)24-4)13-21-16-8-6-5-7-9-16/h5-12,21H,13-14H2,1-4H3,(H,22,23). The van der Waals surface area contributed by atoms with Crippen molar-refractivity contribution in [2.45, 2.75) is 32.9 Å². The third-order valence-corrected chi connectivity index (χ3v) is 3.37. The number of anilines is 1. The maximum atomic E-state index is 11.9. The fourth-order valence-electron chi connectivity index (χ4n) is 2.30. The van der Waals surface area contributed by atoms with E-state index in [0.29, 0.717) is 18.0 Å². The highest BCUT2D eigenvalue weighted by molar-refractivity contribution is 5.78. The Labute approximate surface area is 149 Å². The van der Waals surface area contributed by atoms with Crippen molar-refractivity contribution in [3.63, 3.8) is 0 Å². The Hall–Kier alpha value is -2.69. The monoisotopic (exact) mass is 342 g/mol. The van der Waals surface area contributed by atoms with Gasteiger partial charge in [0.1, 0.15) is 0 Å². The Kier molecular flexibility index (Phi) is 6.28. The zero-order chi connectivity index (χ0) is 18.3. The maximum absolute atomic E-state index is 11.9. The predicted octanol–water partition coefficient (Wildman–Crippen LogP) is 3.60. The van der Waals surface area contributed by atoms with E-state index in [-0.39, 0.29) is 18.1 Å². The second-order valence-corrected chi connectivity index (χ2v) is 6.79. The summed E-state index contributed by atoms with van der Waals surface area (Å²) in [5.41, 5.74) is 1.84. The van der Waals surface area contributed by atoms with Crippen molar-refractivity contribution in [3.8, 4) is 11.5 Å². The smallest absolute Gasteiger partial charge is 0.258 e. The van der Waals surface area contributed by atoms with Crippen LogP contribution in [-0.4, -0.2) is 25.2 Å². The van der Waals surface area contributed by atoms with Gasteiger partial charge < -0.3 is 20.1 Å². The molecule has 5 heteroatoms. The lowest BCUT2D eigenvalue weighted by Crippen LogP contribution is -2.43. The molecule has 0 heterocycles. The first-order valence-electron chi connectivity index (χ1n) is 8.27. The third kappa shape index (κ3) is 6.37. The number of nitrogens with one attached hydrogen (secondary N) is 2. The second kappa shape index (κ2) is 8.42. The van der Waals surface area contributed by atoms with Gasteiger partial charge in [0, 0.05) is 17.8 Å². The third-order valence-electron chi connectivity index (χ3n) is 3.37. The van der Waals surface area contributed by atoms with Gasteiger partial charge in [-0.05, 0) is 50.6 Å².